The molecule has 1 fully saturated rings. The SMILES string of the molecule is CCON(C)c1nc(N2CCCC2)ccc1N. The first-order valence-corrected chi connectivity index (χ1v) is 6.10. The first-order chi connectivity index (χ1) is 8.22. The molecular weight excluding hydrogens is 216 g/mol. The van der Waals surface area contributed by atoms with Gasteiger partial charge in [0.25, 0.3) is 0 Å². The first kappa shape index (κ1) is 12.0. The Labute approximate surface area is 102 Å². The highest BCUT2D eigenvalue weighted by Crippen LogP contribution is 2.25. The van der Waals surface area contributed by atoms with Crippen molar-refractivity contribution in [1.29, 1.82) is 0 Å². The van der Waals surface area contributed by atoms with Crippen molar-refractivity contribution in [3.63, 3.8) is 0 Å². The van der Waals surface area contributed by atoms with Crippen LogP contribution in [-0.4, -0.2) is 31.7 Å². The molecule has 0 atom stereocenters. The smallest absolute Gasteiger partial charge is 0.177 e. The summed E-state index contributed by atoms with van der Waals surface area (Å²) in [5.74, 6) is 1.68. The predicted molar refractivity (Wildman–Crippen MR) is 70.1 cm³/mol. The lowest BCUT2D eigenvalue weighted by atomic mass is 10.3. The number of nitrogen functional groups attached to an aromatic ring is 1. The highest BCUT2D eigenvalue weighted by Gasteiger charge is 2.16. The molecule has 0 aromatic carbocycles. The van der Waals surface area contributed by atoms with Crippen molar-refractivity contribution >= 4 is 17.3 Å². The van der Waals surface area contributed by atoms with Crippen LogP contribution < -0.4 is 15.7 Å². The molecule has 0 aliphatic carbocycles. The van der Waals surface area contributed by atoms with E-state index in [0.717, 1.165) is 18.9 Å². The molecule has 1 aromatic heterocycles. The van der Waals surface area contributed by atoms with E-state index in [1.165, 1.54) is 12.8 Å². The van der Waals surface area contributed by atoms with Crippen molar-refractivity contribution in [3.8, 4) is 0 Å². The van der Waals surface area contributed by atoms with Crippen molar-refractivity contribution < 1.29 is 4.84 Å². The fourth-order valence-corrected chi connectivity index (χ4v) is 2.08. The van der Waals surface area contributed by atoms with Crippen LogP contribution in [0.4, 0.5) is 17.3 Å². The number of nitrogens with zero attached hydrogens (tertiary/aromatic N) is 3. The van der Waals surface area contributed by atoms with Gasteiger partial charge in [0, 0.05) is 20.1 Å². The molecular formula is C12H20N4O. The summed E-state index contributed by atoms with van der Waals surface area (Å²) in [5.41, 5.74) is 6.56. The third kappa shape index (κ3) is 2.61. The van der Waals surface area contributed by atoms with Gasteiger partial charge >= 0.3 is 0 Å². The van der Waals surface area contributed by atoms with Crippen molar-refractivity contribution in [3.05, 3.63) is 12.1 Å². The Balaban J connectivity index is 2.22. The summed E-state index contributed by atoms with van der Waals surface area (Å²) in [4.78, 5) is 12.3. The summed E-state index contributed by atoms with van der Waals surface area (Å²) in [7, 11) is 1.83. The number of hydrogen-bond donors (Lipinski definition) is 1. The third-order valence-electron chi connectivity index (χ3n) is 2.94. The molecule has 5 nitrogen and oxygen atoms in total. The molecule has 1 aliphatic heterocycles. The Hall–Kier alpha value is -1.49. The third-order valence-corrected chi connectivity index (χ3v) is 2.94. The van der Waals surface area contributed by atoms with Gasteiger partial charge in [-0.05, 0) is 31.9 Å². The molecule has 1 aromatic rings. The molecule has 0 spiro atoms. The molecule has 2 N–H and O–H groups in total. The van der Waals surface area contributed by atoms with E-state index in [1.54, 1.807) is 5.06 Å². The van der Waals surface area contributed by atoms with E-state index >= 15 is 0 Å². The van der Waals surface area contributed by atoms with Crippen LogP contribution in [-0.2, 0) is 4.84 Å². The standard InChI is InChI=1S/C12H20N4O/c1-3-17-15(2)12-10(13)6-7-11(14-12)16-8-4-5-9-16/h6-7H,3-5,8-9,13H2,1-2H3. The van der Waals surface area contributed by atoms with Crippen molar-refractivity contribution in [2.24, 2.45) is 0 Å². The molecule has 0 radical (unpaired) electrons. The molecule has 2 rings (SSSR count). The van der Waals surface area contributed by atoms with Crippen molar-refractivity contribution in [2.75, 3.05) is 42.4 Å². The van der Waals surface area contributed by atoms with E-state index in [1.807, 2.05) is 26.1 Å². The maximum atomic E-state index is 5.92. The van der Waals surface area contributed by atoms with Gasteiger partial charge in [-0.3, -0.25) is 4.84 Å². The number of pyridine rings is 1. The van der Waals surface area contributed by atoms with Crippen LogP contribution in [0.25, 0.3) is 0 Å². The monoisotopic (exact) mass is 236 g/mol. The highest BCUT2D eigenvalue weighted by molar-refractivity contribution is 5.65. The predicted octanol–water partition coefficient (Wildman–Crippen LogP) is 1.65. The number of rotatable bonds is 4. The molecule has 94 valence electrons. The Morgan fingerprint density at radius 2 is 2.12 bits per heavy atom. The van der Waals surface area contributed by atoms with Gasteiger partial charge in [0.1, 0.15) is 5.82 Å². The summed E-state index contributed by atoms with van der Waals surface area (Å²) in [6.07, 6.45) is 2.48. The highest BCUT2D eigenvalue weighted by atomic mass is 16.7. The van der Waals surface area contributed by atoms with Crippen LogP contribution in [0.1, 0.15) is 19.8 Å². The largest absolute Gasteiger partial charge is 0.396 e. The lowest BCUT2D eigenvalue weighted by molar-refractivity contribution is 0.133. The molecule has 1 saturated heterocycles. The van der Waals surface area contributed by atoms with Crippen LogP contribution in [0.5, 0.6) is 0 Å². The first-order valence-electron chi connectivity index (χ1n) is 6.10. The van der Waals surface area contributed by atoms with E-state index in [4.69, 9.17) is 10.6 Å². The van der Waals surface area contributed by atoms with Gasteiger partial charge in [-0.2, -0.15) is 0 Å². The second-order valence-electron chi connectivity index (χ2n) is 4.19. The molecule has 2 heterocycles. The van der Waals surface area contributed by atoms with Gasteiger partial charge in [-0.15, -0.1) is 0 Å². The average molecular weight is 236 g/mol. The van der Waals surface area contributed by atoms with E-state index in [-0.39, 0.29) is 0 Å². The maximum absolute atomic E-state index is 5.92. The van der Waals surface area contributed by atoms with E-state index in [2.05, 4.69) is 9.88 Å². The normalized spacial score (nSPS) is 15.3. The van der Waals surface area contributed by atoms with Gasteiger partial charge < -0.3 is 10.6 Å². The number of aromatic nitrogens is 1. The Kier molecular flexibility index (Phi) is 3.68. The summed E-state index contributed by atoms with van der Waals surface area (Å²) in [6.45, 7) is 4.70. The summed E-state index contributed by atoms with van der Waals surface area (Å²) >= 11 is 0. The van der Waals surface area contributed by atoms with Crippen LogP contribution in [0.2, 0.25) is 0 Å². The van der Waals surface area contributed by atoms with Crippen molar-refractivity contribution in [2.45, 2.75) is 19.8 Å². The van der Waals surface area contributed by atoms with E-state index in [9.17, 15) is 0 Å². The molecule has 0 saturated carbocycles. The zero-order valence-electron chi connectivity index (χ0n) is 10.5. The summed E-state index contributed by atoms with van der Waals surface area (Å²) in [5, 5.41) is 1.63. The maximum Gasteiger partial charge on any atom is 0.177 e. The number of hydroxylamine groups is 1. The summed E-state index contributed by atoms with van der Waals surface area (Å²) in [6, 6.07) is 3.87. The van der Waals surface area contributed by atoms with Crippen LogP contribution >= 0.6 is 0 Å². The van der Waals surface area contributed by atoms with Gasteiger partial charge in [-0.25, -0.2) is 10.0 Å². The fourth-order valence-electron chi connectivity index (χ4n) is 2.08. The lowest BCUT2D eigenvalue weighted by Crippen LogP contribution is -2.23. The molecule has 0 unspecified atom stereocenters. The number of nitrogens with two attached hydrogens (primary N) is 1. The zero-order chi connectivity index (χ0) is 12.3. The molecule has 0 bridgehead atoms. The molecule has 1 aliphatic rings. The summed E-state index contributed by atoms with van der Waals surface area (Å²) < 4.78 is 0. The minimum atomic E-state index is 0.603. The Bertz CT molecular complexity index is 377. The topological polar surface area (TPSA) is 54.6 Å². The Morgan fingerprint density at radius 1 is 1.41 bits per heavy atom. The van der Waals surface area contributed by atoms with Gasteiger partial charge in [0.05, 0.1) is 12.3 Å². The average Bonchev–Trinajstić information content (AvgIpc) is 2.83. The quantitative estimate of drug-likeness (QED) is 0.806. The van der Waals surface area contributed by atoms with E-state index < -0.39 is 0 Å². The second-order valence-corrected chi connectivity index (χ2v) is 4.19. The number of anilines is 3. The second kappa shape index (κ2) is 5.23. The van der Waals surface area contributed by atoms with Crippen molar-refractivity contribution in [1.82, 2.24) is 4.98 Å². The minimum absolute atomic E-state index is 0.603. The van der Waals surface area contributed by atoms with Crippen LogP contribution in [0.3, 0.4) is 0 Å². The lowest BCUT2D eigenvalue weighted by Gasteiger charge is -2.22. The van der Waals surface area contributed by atoms with Gasteiger partial charge in [0.15, 0.2) is 5.82 Å². The number of hydrogen-bond acceptors (Lipinski definition) is 5. The van der Waals surface area contributed by atoms with Crippen LogP contribution in [0, 0.1) is 0 Å². The minimum Gasteiger partial charge on any atom is -0.396 e. The zero-order valence-corrected chi connectivity index (χ0v) is 10.5. The van der Waals surface area contributed by atoms with E-state index in [0.29, 0.717) is 18.1 Å². The molecule has 5 heteroatoms. The van der Waals surface area contributed by atoms with Gasteiger partial charge in [-0.1, -0.05) is 0 Å². The Morgan fingerprint density at radius 3 is 2.76 bits per heavy atom. The molecule has 17 heavy (non-hydrogen) atoms. The fraction of sp³-hybridized carbons (Fsp3) is 0.583. The van der Waals surface area contributed by atoms with Crippen LogP contribution in [0.15, 0.2) is 12.1 Å². The van der Waals surface area contributed by atoms with Gasteiger partial charge in [0.2, 0.25) is 0 Å². The molecule has 0 amide bonds.